The number of carbonyl (C=O) groups is 1. The van der Waals surface area contributed by atoms with E-state index in [0.717, 1.165) is 13.0 Å². The van der Waals surface area contributed by atoms with Gasteiger partial charge in [-0.15, -0.1) is 0 Å². The molecular formula is C15H24N2O. The highest BCUT2D eigenvalue weighted by molar-refractivity contribution is 5.76. The van der Waals surface area contributed by atoms with Gasteiger partial charge in [-0.1, -0.05) is 43.7 Å². The molecule has 0 bridgehead atoms. The SMILES string of the molecule is Cc1cccc(CCNC(=O)CCNC(C)C)c1. The molecule has 0 aliphatic heterocycles. The van der Waals surface area contributed by atoms with Crippen LogP contribution in [-0.4, -0.2) is 25.0 Å². The lowest BCUT2D eigenvalue weighted by molar-refractivity contribution is -0.120. The first-order valence-corrected chi connectivity index (χ1v) is 6.63. The summed E-state index contributed by atoms with van der Waals surface area (Å²) in [5.41, 5.74) is 2.54. The molecule has 0 heterocycles. The van der Waals surface area contributed by atoms with Crippen LogP contribution in [-0.2, 0) is 11.2 Å². The summed E-state index contributed by atoms with van der Waals surface area (Å²) in [6.45, 7) is 7.70. The summed E-state index contributed by atoms with van der Waals surface area (Å²) in [5, 5.41) is 6.18. The first-order valence-electron chi connectivity index (χ1n) is 6.63. The average Bonchev–Trinajstić information content (AvgIpc) is 2.28. The van der Waals surface area contributed by atoms with E-state index in [1.54, 1.807) is 0 Å². The van der Waals surface area contributed by atoms with Crippen LogP contribution >= 0.6 is 0 Å². The number of benzene rings is 1. The van der Waals surface area contributed by atoms with E-state index in [2.05, 4.69) is 55.7 Å². The Morgan fingerprint density at radius 2 is 2.06 bits per heavy atom. The highest BCUT2D eigenvalue weighted by atomic mass is 16.1. The third-order valence-electron chi connectivity index (χ3n) is 2.72. The van der Waals surface area contributed by atoms with Crippen LogP contribution in [0.5, 0.6) is 0 Å². The van der Waals surface area contributed by atoms with Crippen molar-refractivity contribution in [2.24, 2.45) is 0 Å². The molecule has 0 saturated heterocycles. The Hall–Kier alpha value is -1.35. The molecule has 0 spiro atoms. The number of carbonyl (C=O) groups excluding carboxylic acids is 1. The molecule has 0 aliphatic carbocycles. The molecule has 2 N–H and O–H groups in total. The van der Waals surface area contributed by atoms with Crippen LogP contribution in [0.4, 0.5) is 0 Å². The van der Waals surface area contributed by atoms with Gasteiger partial charge >= 0.3 is 0 Å². The zero-order valence-corrected chi connectivity index (χ0v) is 11.6. The molecule has 0 radical (unpaired) electrons. The second-order valence-corrected chi connectivity index (χ2v) is 4.95. The zero-order chi connectivity index (χ0) is 13.4. The van der Waals surface area contributed by atoms with Crippen LogP contribution < -0.4 is 10.6 Å². The van der Waals surface area contributed by atoms with Gasteiger partial charge in [0.2, 0.25) is 5.91 Å². The summed E-state index contributed by atoms with van der Waals surface area (Å²) in [6.07, 6.45) is 1.44. The Morgan fingerprint density at radius 3 is 2.72 bits per heavy atom. The molecule has 0 aromatic heterocycles. The molecule has 0 saturated carbocycles. The summed E-state index contributed by atoms with van der Waals surface area (Å²) in [6, 6.07) is 8.83. The Balaban J connectivity index is 2.15. The first-order chi connectivity index (χ1) is 8.58. The quantitative estimate of drug-likeness (QED) is 0.775. The molecule has 18 heavy (non-hydrogen) atoms. The fourth-order valence-corrected chi connectivity index (χ4v) is 1.78. The highest BCUT2D eigenvalue weighted by Crippen LogP contribution is 2.03. The van der Waals surface area contributed by atoms with Crippen molar-refractivity contribution < 1.29 is 4.79 Å². The van der Waals surface area contributed by atoms with Crippen LogP contribution in [0, 0.1) is 6.92 Å². The van der Waals surface area contributed by atoms with E-state index < -0.39 is 0 Å². The number of nitrogens with one attached hydrogen (secondary N) is 2. The number of amides is 1. The third-order valence-corrected chi connectivity index (χ3v) is 2.72. The van der Waals surface area contributed by atoms with E-state index in [9.17, 15) is 4.79 Å². The molecule has 0 fully saturated rings. The maximum atomic E-state index is 11.5. The van der Waals surface area contributed by atoms with Crippen molar-refractivity contribution in [2.45, 2.75) is 39.7 Å². The third kappa shape index (κ3) is 6.40. The zero-order valence-electron chi connectivity index (χ0n) is 11.6. The van der Waals surface area contributed by atoms with Gasteiger partial charge in [0.05, 0.1) is 0 Å². The number of aryl methyl sites for hydroxylation is 1. The number of hydrogen-bond acceptors (Lipinski definition) is 2. The van der Waals surface area contributed by atoms with Gasteiger partial charge in [-0.25, -0.2) is 0 Å². The predicted octanol–water partition coefficient (Wildman–Crippen LogP) is 2.04. The molecule has 0 atom stereocenters. The molecular weight excluding hydrogens is 224 g/mol. The Kier molecular flexibility index (Phi) is 6.44. The van der Waals surface area contributed by atoms with Crippen molar-refractivity contribution in [3.63, 3.8) is 0 Å². The minimum absolute atomic E-state index is 0.121. The number of hydrogen-bond donors (Lipinski definition) is 2. The fraction of sp³-hybridized carbons (Fsp3) is 0.533. The number of rotatable bonds is 7. The maximum Gasteiger partial charge on any atom is 0.221 e. The van der Waals surface area contributed by atoms with Gasteiger partial charge in [0.15, 0.2) is 0 Å². The Bertz CT molecular complexity index is 375. The Morgan fingerprint density at radius 1 is 1.28 bits per heavy atom. The smallest absolute Gasteiger partial charge is 0.221 e. The van der Waals surface area contributed by atoms with Crippen molar-refractivity contribution >= 4 is 5.91 Å². The summed E-state index contributed by atoms with van der Waals surface area (Å²) in [5.74, 6) is 0.121. The van der Waals surface area contributed by atoms with E-state index in [1.165, 1.54) is 11.1 Å². The van der Waals surface area contributed by atoms with E-state index in [-0.39, 0.29) is 5.91 Å². The molecule has 1 amide bonds. The monoisotopic (exact) mass is 248 g/mol. The van der Waals surface area contributed by atoms with Gasteiger partial charge in [-0.2, -0.15) is 0 Å². The summed E-state index contributed by atoms with van der Waals surface area (Å²) < 4.78 is 0. The highest BCUT2D eigenvalue weighted by Gasteiger charge is 2.01. The lowest BCUT2D eigenvalue weighted by Gasteiger charge is -2.08. The van der Waals surface area contributed by atoms with E-state index >= 15 is 0 Å². The molecule has 1 rings (SSSR count). The molecule has 0 unspecified atom stereocenters. The van der Waals surface area contributed by atoms with E-state index in [4.69, 9.17) is 0 Å². The minimum Gasteiger partial charge on any atom is -0.356 e. The second-order valence-electron chi connectivity index (χ2n) is 4.95. The van der Waals surface area contributed by atoms with Crippen LogP contribution in [0.15, 0.2) is 24.3 Å². The first kappa shape index (κ1) is 14.7. The molecule has 0 aliphatic rings. The standard InChI is InChI=1S/C15H24N2O/c1-12(2)16-10-8-15(18)17-9-7-14-6-4-5-13(3)11-14/h4-6,11-12,16H,7-10H2,1-3H3,(H,17,18). The van der Waals surface area contributed by atoms with Crippen molar-refractivity contribution in [2.75, 3.05) is 13.1 Å². The summed E-state index contributed by atoms with van der Waals surface area (Å²) >= 11 is 0. The summed E-state index contributed by atoms with van der Waals surface area (Å²) in [7, 11) is 0. The molecule has 3 nitrogen and oxygen atoms in total. The lowest BCUT2D eigenvalue weighted by Crippen LogP contribution is -2.31. The lowest BCUT2D eigenvalue weighted by atomic mass is 10.1. The summed E-state index contributed by atoms with van der Waals surface area (Å²) in [4.78, 5) is 11.5. The van der Waals surface area contributed by atoms with Crippen molar-refractivity contribution in [1.29, 1.82) is 0 Å². The van der Waals surface area contributed by atoms with Crippen LogP contribution in [0.1, 0.15) is 31.4 Å². The van der Waals surface area contributed by atoms with Gasteiger partial charge < -0.3 is 10.6 Å². The van der Waals surface area contributed by atoms with Crippen molar-refractivity contribution in [1.82, 2.24) is 10.6 Å². The topological polar surface area (TPSA) is 41.1 Å². The van der Waals surface area contributed by atoms with Crippen LogP contribution in [0.25, 0.3) is 0 Å². The van der Waals surface area contributed by atoms with Crippen molar-refractivity contribution in [3.05, 3.63) is 35.4 Å². The minimum atomic E-state index is 0.121. The molecule has 1 aromatic carbocycles. The molecule has 3 heteroatoms. The van der Waals surface area contributed by atoms with Gasteiger partial charge in [0.1, 0.15) is 0 Å². The maximum absolute atomic E-state index is 11.5. The van der Waals surface area contributed by atoms with Gasteiger partial charge in [0, 0.05) is 25.6 Å². The van der Waals surface area contributed by atoms with Gasteiger partial charge in [0.25, 0.3) is 0 Å². The predicted molar refractivity (Wildman–Crippen MR) is 75.6 cm³/mol. The molecule has 100 valence electrons. The van der Waals surface area contributed by atoms with Crippen LogP contribution in [0.2, 0.25) is 0 Å². The van der Waals surface area contributed by atoms with Crippen LogP contribution in [0.3, 0.4) is 0 Å². The molecule has 1 aromatic rings. The van der Waals surface area contributed by atoms with Crippen molar-refractivity contribution in [3.8, 4) is 0 Å². The Labute approximate surface area is 110 Å². The van der Waals surface area contributed by atoms with Gasteiger partial charge in [-0.3, -0.25) is 4.79 Å². The second kappa shape index (κ2) is 7.88. The largest absolute Gasteiger partial charge is 0.356 e. The van der Waals surface area contributed by atoms with Gasteiger partial charge in [-0.05, 0) is 18.9 Å². The van der Waals surface area contributed by atoms with E-state index in [1.807, 2.05) is 0 Å². The average molecular weight is 248 g/mol. The fourth-order valence-electron chi connectivity index (χ4n) is 1.78. The van der Waals surface area contributed by atoms with E-state index in [0.29, 0.717) is 19.0 Å². The normalized spacial score (nSPS) is 10.7.